The predicted octanol–water partition coefficient (Wildman–Crippen LogP) is 5.53. The number of nitrogens with one attached hydrogen (secondary N) is 1. The van der Waals surface area contributed by atoms with E-state index in [1.807, 2.05) is 18.2 Å². The fourth-order valence-electron chi connectivity index (χ4n) is 4.25. The molecule has 0 saturated carbocycles. The molecule has 0 radical (unpaired) electrons. The third kappa shape index (κ3) is 5.02. The molecule has 1 atom stereocenters. The van der Waals surface area contributed by atoms with Gasteiger partial charge in [0.1, 0.15) is 6.61 Å². The van der Waals surface area contributed by atoms with Gasteiger partial charge in [-0.25, -0.2) is 0 Å². The molecule has 156 valence electrons. The second-order valence-corrected chi connectivity index (χ2v) is 9.44. The number of halogens is 3. The van der Waals surface area contributed by atoms with Crippen LogP contribution in [0.2, 0.25) is 10.0 Å². The first-order valence-electron chi connectivity index (χ1n) is 9.92. The van der Waals surface area contributed by atoms with E-state index in [9.17, 15) is 0 Å². The summed E-state index contributed by atoms with van der Waals surface area (Å²) >= 11 is 15.7. The Balaban J connectivity index is 1.41. The van der Waals surface area contributed by atoms with Crippen LogP contribution < -0.4 is 14.8 Å². The van der Waals surface area contributed by atoms with Gasteiger partial charge in [0.15, 0.2) is 11.5 Å². The second-order valence-electron chi connectivity index (χ2n) is 7.77. The van der Waals surface area contributed by atoms with Crippen LogP contribution in [0.3, 0.4) is 0 Å². The van der Waals surface area contributed by atoms with E-state index in [0.717, 1.165) is 29.0 Å². The number of hydrogen-bond acceptors (Lipinski definition) is 4. The van der Waals surface area contributed by atoms with Crippen molar-refractivity contribution >= 4 is 39.1 Å². The highest BCUT2D eigenvalue weighted by atomic mass is 79.9. The number of nitrogens with zero attached hydrogens (tertiary/aromatic N) is 1. The summed E-state index contributed by atoms with van der Waals surface area (Å²) in [7, 11) is 1.67. The highest BCUT2D eigenvalue weighted by Crippen LogP contribution is 2.38. The van der Waals surface area contributed by atoms with E-state index in [1.165, 1.54) is 31.5 Å². The highest BCUT2D eigenvalue weighted by molar-refractivity contribution is 9.10. The summed E-state index contributed by atoms with van der Waals surface area (Å²) in [4.78, 5) is 2.56. The number of methoxy groups -OCH3 is 1. The fraction of sp³-hybridized carbons (Fsp3) is 0.455. The lowest BCUT2D eigenvalue weighted by Gasteiger charge is -2.45. The molecule has 2 aromatic carbocycles. The zero-order valence-corrected chi connectivity index (χ0v) is 19.5. The van der Waals surface area contributed by atoms with Crippen molar-refractivity contribution in [3.63, 3.8) is 0 Å². The molecule has 3 aliphatic rings. The average molecular weight is 500 g/mol. The smallest absolute Gasteiger partial charge is 0.175 e. The van der Waals surface area contributed by atoms with E-state index in [4.69, 9.17) is 32.7 Å². The second kappa shape index (κ2) is 9.44. The highest BCUT2D eigenvalue weighted by Gasteiger charge is 2.33. The van der Waals surface area contributed by atoms with Gasteiger partial charge in [0.2, 0.25) is 0 Å². The van der Waals surface area contributed by atoms with E-state index >= 15 is 0 Å². The largest absolute Gasteiger partial charge is 0.493 e. The van der Waals surface area contributed by atoms with Crippen LogP contribution in [0.1, 0.15) is 24.0 Å². The van der Waals surface area contributed by atoms with Crippen LogP contribution in [-0.2, 0) is 13.2 Å². The van der Waals surface area contributed by atoms with Gasteiger partial charge in [-0.15, -0.1) is 0 Å². The van der Waals surface area contributed by atoms with Crippen molar-refractivity contribution in [2.24, 2.45) is 5.92 Å². The van der Waals surface area contributed by atoms with Crippen molar-refractivity contribution < 1.29 is 9.47 Å². The van der Waals surface area contributed by atoms with E-state index < -0.39 is 0 Å². The van der Waals surface area contributed by atoms with Crippen molar-refractivity contribution in [1.29, 1.82) is 0 Å². The topological polar surface area (TPSA) is 33.7 Å². The van der Waals surface area contributed by atoms with Gasteiger partial charge in [0.05, 0.1) is 21.6 Å². The first-order chi connectivity index (χ1) is 14.0. The van der Waals surface area contributed by atoms with Gasteiger partial charge >= 0.3 is 0 Å². The van der Waals surface area contributed by atoms with Crippen molar-refractivity contribution in [1.82, 2.24) is 10.2 Å². The number of piperidine rings is 3. The Kier molecular flexibility index (Phi) is 6.92. The zero-order valence-electron chi connectivity index (χ0n) is 16.4. The Morgan fingerprint density at radius 3 is 2.55 bits per heavy atom. The lowest BCUT2D eigenvalue weighted by Crippen LogP contribution is -2.55. The number of rotatable bonds is 7. The van der Waals surface area contributed by atoms with E-state index in [0.29, 0.717) is 34.2 Å². The summed E-state index contributed by atoms with van der Waals surface area (Å²) in [5.41, 5.74) is 2.12. The summed E-state index contributed by atoms with van der Waals surface area (Å²) in [6, 6.07) is 10.2. The summed E-state index contributed by atoms with van der Waals surface area (Å²) in [5.74, 6) is 2.20. The minimum absolute atomic E-state index is 0.378. The van der Waals surface area contributed by atoms with Crippen molar-refractivity contribution in [2.45, 2.75) is 32.0 Å². The Labute approximate surface area is 190 Å². The standard InChI is InChI=1S/C22H25BrCl2N2O2/c1-28-21-10-15(11-26-20-12-27-6-4-16(20)5-7-27)8-17(23)22(21)29-13-14-2-3-18(24)19(25)9-14/h2-3,8-10,16,20,26H,4-7,11-13H2,1H3. The third-order valence-corrected chi connectivity index (χ3v) is 7.21. The number of benzene rings is 2. The molecule has 3 saturated heterocycles. The molecule has 1 N–H and O–H groups in total. The van der Waals surface area contributed by atoms with Gasteiger partial charge in [-0.1, -0.05) is 29.3 Å². The Morgan fingerprint density at radius 2 is 1.90 bits per heavy atom. The Hall–Kier alpha value is -0.980. The summed E-state index contributed by atoms with van der Waals surface area (Å²) < 4.78 is 12.5. The number of fused-ring (bicyclic) bond motifs is 3. The van der Waals surface area contributed by atoms with Gasteiger partial charge in [-0.05, 0) is 83.2 Å². The molecular formula is C22H25BrCl2N2O2. The molecule has 2 bridgehead atoms. The van der Waals surface area contributed by atoms with Crippen LogP contribution >= 0.6 is 39.1 Å². The molecule has 3 aliphatic heterocycles. The van der Waals surface area contributed by atoms with Crippen LogP contribution in [0.25, 0.3) is 0 Å². The maximum Gasteiger partial charge on any atom is 0.175 e. The summed E-state index contributed by atoms with van der Waals surface area (Å²) in [6.45, 7) is 4.87. The summed E-state index contributed by atoms with van der Waals surface area (Å²) in [5, 5.41) is 4.81. The van der Waals surface area contributed by atoms with Crippen molar-refractivity contribution in [3.8, 4) is 11.5 Å². The average Bonchev–Trinajstić information content (AvgIpc) is 2.74. The maximum absolute atomic E-state index is 6.10. The van der Waals surface area contributed by atoms with Gasteiger partial charge in [-0.3, -0.25) is 0 Å². The van der Waals surface area contributed by atoms with Crippen molar-refractivity contribution in [2.75, 3.05) is 26.7 Å². The summed E-state index contributed by atoms with van der Waals surface area (Å²) in [6.07, 6.45) is 2.62. The molecule has 0 aromatic heterocycles. The molecule has 2 aromatic rings. The Morgan fingerprint density at radius 1 is 1.10 bits per heavy atom. The molecule has 7 heteroatoms. The van der Waals surface area contributed by atoms with Gasteiger partial charge in [0.25, 0.3) is 0 Å². The molecule has 0 amide bonds. The fourth-order valence-corrected chi connectivity index (χ4v) is 5.17. The zero-order chi connectivity index (χ0) is 20.4. The molecule has 4 nitrogen and oxygen atoms in total. The van der Waals surface area contributed by atoms with Crippen LogP contribution in [0, 0.1) is 5.92 Å². The van der Waals surface area contributed by atoms with Crippen LogP contribution in [0.5, 0.6) is 11.5 Å². The third-order valence-electron chi connectivity index (χ3n) is 5.88. The lowest BCUT2D eigenvalue weighted by molar-refractivity contribution is 0.0720. The molecule has 3 heterocycles. The quantitative estimate of drug-likeness (QED) is 0.543. The number of ether oxygens (including phenoxy) is 2. The molecule has 0 aliphatic carbocycles. The van der Waals surface area contributed by atoms with Gasteiger partial charge in [-0.2, -0.15) is 0 Å². The van der Waals surface area contributed by atoms with Crippen LogP contribution in [-0.4, -0.2) is 37.7 Å². The van der Waals surface area contributed by atoms with Gasteiger partial charge in [0, 0.05) is 19.1 Å². The SMILES string of the molecule is COc1cc(CNC2CN3CCC2CC3)cc(Br)c1OCc1ccc(Cl)c(Cl)c1. The molecule has 0 spiro atoms. The first-order valence-corrected chi connectivity index (χ1v) is 11.5. The van der Waals surface area contributed by atoms with Crippen LogP contribution in [0.4, 0.5) is 0 Å². The molecular weight excluding hydrogens is 475 g/mol. The molecule has 3 fully saturated rings. The lowest BCUT2D eigenvalue weighted by atomic mass is 9.84. The predicted molar refractivity (Wildman–Crippen MR) is 121 cm³/mol. The Bertz CT molecular complexity index is 872. The van der Waals surface area contributed by atoms with E-state index in [-0.39, 0.29) is 0 Å². The normalized spacial score (nSPS) is 23.2. The maximum atomic E-state index is 6.10. The van der Waals surface area contributed by atoms with Crippen molar-refractivity contribution in [3.05, 3.63) is 56.0 Å². The van der Waals surface area contributed by atoms with E-state index in [1.54, 1.807) is 13.2 Å². The minimum Gasteiger partial charge on any atom is -0.493 e. The first kappa shape index (κ1) is 21.3. The molecule has 29 heavy (non-hydrogen) atoms. The monoisotopic (exact) mass is 498 g/mol. The van der Waals surface area contributed by atoms with Crippen LogP contribution in [0.15, 0.2) is 34.8 Å². The molecule has 5 rings (SSSR count). The van der Waals surface area contributed by atoms with E-state index in [2.05, 4.69) is 32.2 Å². The molecule has 1 unspecified atom stereocenters. The number of hydrogen-bond donors (Lipinski definition) is 1. The minimum atomic E-state index is 0.378. The van der Waals surface area contributed by atoms with Gasteiger partial charge < -0.3 is 19.7 Å².